The molecule has 1 heterocycles. The van der Waals surface area contributed by atoms with E-state index in [1.54, 1.807) is 18.9 Å². The molecule has 0 spiro atoms. The number of nitrogens with one attached hydrogen (secondary N) is 1. The summed E-state index contributed by atoms with van der Waals surface area (Å²) in [4.78, 5) is 16.0. The minimum absolute atomic E-state index is 0.0910. The first kappa shape index (κ1) is 20.1. The third-order valence-electron chi connectivity index (χ3n) is 4.88. The normalized spacial score (nSPS) is 19.4. The monoisotopic (exact) mass is 364 g/mol. The molecule has 1 aromatic carbocycles. The molecule has 0 unspecified atom stereocenters. The Kier molecular flexibility index (Phi) is 8.62. The smallest absolute Gasteiger partial charge is 0.233 e. The van der Waals surface area contributed by atoms with Crippen LogP contribution < -0.4 is 10.1 Å². The molecule has 2 rings (SSSR count). The van der Waals surface area contributed by atoms with Gasteiger partial charge in [0.2, 0.25) is 5.91 Å². The summed E-state index contributed by atoms with van der Waals surface area (Å²) in [6.07, 6.45) is 6.28. The number of nitrogens with zero attached hydrogens (tertiary/aromatic N) is 1. The highest BCUT2D eigenvalue weighted by Crippen LogP contribution is 2.25. The molecular weight excluding hydrogens is 332 g/mol. The summed E-state index contributed by atoms with van der Waals surface area (Å²) in [6.45, 7) is 7.32. The van der Waals surface area contributed by atoms with Crippen LogP contribution >= 0.6 is 11.8 Å². The summed E-state index contributed by atoms with van der Waals surface area (Å²) in [5.74, 6) is 0.955. The highest BCUT2D eigenvalue weighted by Gasteiger charge is 2.20. The zero-order valence-electron chi connectivity index (χ0n) is 15.8. The second-order valence-corrected chi connectivity index (χ2v) is 8.09. The number of carbonyl (C=O) groups excluding carboxylic acids is 1. The number of carbonyl (C=O) groups is 1. The Bertz CT molecular complexity index is 521. The summed E-state index contributed by atoms with van der Waals surface area (Å²) < 4.78 is 5.16. The number of rotatable bonds is 9. The van der Waals surface area contributed by atoms with E-state index in [1.165, 1.54) is 32.2 Å². The maximum absolute atomic E-state index is 12.3. The van der Waals surface area contributed by atoms with Crippen LogP contribution in [0.15, 0.2) is 29.2 Å². The van der Waals surface area contributed by atoms with Gasteiger partial charge < -0.3 is 15.0 Å². The highest BCUT2D eigenvalue weighted by atomic mass is 32.2. The number of thioether (sulfide) groups is 1. The average molecular weight is 365 g/mol. The molecule has 1 fully saturated rings. The summed E-state index contributed by atoms with van der Waals surface area (Å²) in [7, 11) is 1.66. The zero-order chi connectivity index (χ0) is 18.1. The molecule has 4 nitrogen and oxygen atoms in total. The van der Waals surface area contributed by atoms with Crippen LogP contribution in [0.4, 0.5) is 0 Å². The molecular formula is C20H32N2O2S. The van der Waals surface area contributed by atoms with E-state index in [0.29, 0.717) is 0 Å². The number of amides is 1. The number of hydrogen-bond acceptors (Lipinski definition) is 4. The van der Waals surface area contributed by atoms with Crippen molar-refractivity contribution in [2.45, 2.75) is 62.1 Å². The van der Waals surface area contributed by atoms with Gasteiger partial charge in [0, 0.05) is 24.0 Å². The van der Waals surface area contributed by atoms with Crippen LogP contribution in [0.25, 0.3) is 0 Å². The molecule has 0 bridgehead atoms. The van der Waals surface area contributed by atoms with E-state index in [1.807, 2.05) is 31.2 Å². The topological polar surface area (TPSA) is 41.6 Å². The van der Waals surface area contributed by atoms with Gasteiger partial charge in [-0.05, 0) is 63.4 Å². The molecule has 0 radical (unpaired) electrons. The van der Waals surface area contributed by atoms with Crippen molar-refractivity contribution in [3.05, 3.63) is 24.3 Å². The van der Waals surface area contributed by atoms with Crippen molar-refractivity contribution in [2.24, 2.45) is 0 Å². The Morgan fingerprint density at radius 2 is 2.12 bits per heavy atom. The fourth-order valence-corrected chi connectivity index (χ4v) is 4.26. The second-order valence-electron chi connectivity index (χ2n) is 6.67. The molecule has 1 aliphatic rings. The van der Waals surface area contributed by atoms with Crippen LogP contribution in [0.5, 0.6) is 5.75 Å². The lowest BCUT2D eigenvalue weighted by Crippen LogP contribution is -2.41. The van der Waals surface area contributed by atoms with E-state index in [9.17, 15) is 4.79 Å². The number of benzene rings is 1. The van der Waals surface area contributed by atoms with Gasteiger partial charge in [-0.1, -0.05) is 13.3 Å². The fraction of sp³-hybridized carbons (Fsp3) is 0.650. The molecule has 1 aromatic rings. The van der Waals surface area contributed by atoms with E-state index in [0.717, 1.165) is 36.2 Å². The largest absolute Gasteiger partial charge is 0.497 e. The van der Waals surface area contributed by atoms with Crippen molar-refractivity contribution in [1.29, 1.82) is 0 Å². The Morgan fingerprint density at radius 3 is 2.80 bits per heavy atom. The van der Waals surface area contributed by atoms with Crippen molar-refractivity contribution in [3.8, 4) is 5.75 Å². The quantitative estimate of drug-likeness (QED) is 0.532. The maximum Gasteiger partial charge on any atom is 0.233 e. The van der Waals surface area contributed by atoms with Gasteiger partial charge in [-0.15, -0.1) is 11.8 Å². The van der Waals surface area contributed by atoms with Crippen LogP contribution in [-0.4, -0.2) is 48.8 Å². The molecule has 1 aliphatic heterocycles. The molecule has 1 saturated heterocycles. The van der Waals surface area contributed by atoms with E-state index in [4.69, 9.17) is 4.74 Å². The molecule has 0 aromatic heterocycles. The Morgan fingerprint density at radius 1 is 1.36 bits per heavy atom. The van der Waals surface area contributed by atoms with E-state index in [-0.39, 0.29) is 11.2 Å². The summed E-state index contributed by atoms with van der Waals surface area (Å²) in [6, 6.07) is 8.59. The highest BCUT2D eigenvalue weighted by molar-refractivity contribution is 8.00. The summed E-state index contributed by atoms with van der Waals surface area (Å²) >= 11 is 1.58. The van der Waals surface area contributed by atoms with Crippen LogP contribution in [0, 0.1) is 0 Å². The lowest BCUT2D eigenvalue weighted by atomic mass is 10.00. The van der Waals surface area contributed by atoms with Crippen LogP contribution in [0.2, 0.25) is 0 Å². The van der Waals surface area contributed by atoms with Crippen molar-refractivity contribution >= 4 is 17.7 Å². The van der Waals surface area contributed by atoms with Gasteiger partial charge in [0.25, 0.3) is 0 Å². The number of piperidine rings is 1. The number of methoxy groups -OCH3 is 1. The van der Waals surface area contributed by atoms with Gasteiger partial charge in [-0.25, -0.2) is 0 Å². The first-order valence-corrected chi connectivity index (χ1v) is 10.3. The molecule has 5 heteroatoms. The predicted molar refractivity (Wildman–Crippen MR) is 105 cm³/mol. The molecule has 2 atom stereocenters. The second kappa shape index (κ2) is 10.7. The first-order chi connectivity index (χ1) is 12.1. The molecule has 25 heavy (non-hydrogen) atoms. The SMILES string of the molecule is CC[C@@H]1CCCCN1CCCNC(=O)[C@H](C)Sc1ccc(OC)cc1. The first-order valence-electron chi connectivity index (χ1n) is 9.46. The number of hydrogen-bond donors (Lipinski definition) is 1. The molecule has 1 N–H and O–H groups in total. The van der Waals surface area contributed by atoms with E-state index >= 15 is 0 Å². The van der Waals surface area contributed by atoms with Crippen LogP contribution in [0.3, 0.4) is 0 Å². The lowest BCUT2D eigenvalue weighted by Gasteiger charge is -2.35. The third kappa shape index (κ3) is 6.55. The zero-order valence-corrected chi connectivity index (χ0v) is 16.6. The molecule has 1 amide bonds. The molecule has 140 valence electrons. The van der Waals surface area contributed by atoms with Gasteiger partial charge in [-0.3, -0.25) is 4.79 Å². The average Bonchev–Trinajstić information content (AvgIpc) is 2.65. The Balaban J connectivity index is 1.66. The van der Waals surface area contributed by atoms with Crippen molar-refractivity contribution in [3.63, 3.8) is 0 Å². The number of likely N-dealkylation sites (tertiary alicyclic amines) is 1. The predicted octanol–water partition coefficient (Wildman–Crippen LogP) is 3.95. The minimum atomic E-state index is -0.0910. The molecule has 0 aliphatic carbocycles. The van der Waals surface area contributed by atoms with Crippen molar-refractivity contribution in [1.82, 2.24) is 10.2 Å². The van der Waals surface area contributed by atoms with Crippen LogP contribution in [-0.2, 0) is 4.79 Å². The molecule has 0 saturated carbocycles. The standard InChI is InChI=1S/C20H32N2O2S/c1-4-17-8-5-6-14-22(17)15-7-13-21-20(23)16(2)25-19-11-9-18(24-3)10-12-19/h9-12,16-17H,4-8,13-15H2,1-3H3,(H,21,23)/t16-,17+/m0/s1. The van der Waals surface area contributed by atoms with Gasteiger partial charge >= 0.3 is 0 Å². The summed E-state index contributed by atoms with van der Waals surface area (Å²) in [5.41, 5.74) is 0. The Labute approximate surface area is 156 Å². The van der Waals surface area contributed by atoms with Gasteiger partial charge in [0.05, 0.1) is 12.4 Å². The van der Waals surface area contributed by atoms with Gasteiger partial charge in [0.1, 0.15) is 5.75 Å². The number of ether oxygens (including phenoxy) is 1. The maximum atomic E-state index is 12.3. The van der Waals surface area contributed by atoms with Gasteiger partial charge in [0.15, 0.2) is 0 Å². The van der Waals surface area contributed by atoms with Crippen molar-refractivity contribution < 1.29 is 9.53 Å². The van der Waals surface area contributed by atoms with Gasteiger partial charge in [-0.2, -0.15) is 0 Å². The van der Waals surface area contributed by atoms with Crippen LogP contribution in [0.1, 0.15) is 46.0 Å². The lowest BCUT2D eigenvalue weighted by molar-refractivity contribution is -0.120. The third-order valence-corrected chi connectivity index (χ3v) is 6.00. The van der Waals surface area contributed by atoms with E-state index < -0.39 is 0 Å². The summed E-state index contributed by atoms with van der Waals surface area (Å²) in [5, 5.41) is 3.00. The van der Waals surface area contributed by atoms with E-state index in [2.05, 4.69) is 17.1 Å². The Hall–Kier alpha value is -1.20. The fourth-order valence-electron chi connectivity index (χ4n) is 3.37. The van der Waals surface area contributed by atoms with Crippen molar-refractivity contribution in [2.75, 3.05) is 26.7 Å². The minimum Gasteiger partial charge on any atom is -0.497 e.